The zero-order valence-electron chi connectivity index (χ0n) is 11.4. The normalized spacial score (nSPS) is 14.9. The molecule has 0 atom stereocenters. The second-order valence-electron chi connectivity index (χ2n) is 5.07. The Morgan fingerprint density at radius 1 is 1.16 bits per heavy atom. The van der Waals surface area contributed by atoms with Gasteiger partial charge in [-0.25, -0.2) is 10.0 Å². The molecule has 2 amide bonds. The quantitative estimate of drug-likeness (QED) is 0.728. The van der Waals surface area contributed by atoms with Crippen LogP contribution in [-0.2, 0) is 7.05 Å². The van der Waals surface area contributed by atoms with Crippen molar-refractivity contribution < 1.29 is 9.59 Å². The van der Waals surface area contributed by atoms with Crippen LogP contribution >= 0.6 is 0 Å². The van der Waals surface area contributed by atoms with Gasteiger partial charge < -0.3 is 4.57 Å². The van der Waals surface area contributed by atoms with Crippen molar-refractivity contribution in [2.24, 2.45) is 7.05 Å². The van der Waals surface area contributed by atoms with Gasteiger partial charge in [-0.2, -0.15) is 0 Å². The highest BCUT2D eigenvalue weighted by Gasteiger charge is 2.39. The summed E-state index contributed by atoms with van der Waals surface area (Å²) in [4.78, 5) is 24.7. The Morgan fingerprint density at radius 2 is 1.84 bits per heavy atom. The minimum absolute atomic E-state index is 0.249. The molecule has 1 aliphatic heterocycles. The Bertz CT molecular complexity index is 728. The first-order valence-electron chi connectivity index (χ1n) is 6.08. The van der Waals surface area contributed by atoms with Crippen molar-refractivity contribution in [3.63, 3.8) is 0 Å². The smallest absolute Gasteiger partial charge is 0.277 e. The molecule has 0 spiro atoms. The van der Waals surface area contributed by atoms with Gasteiger partial charge in [0, 0.05) is 32.7 Å². The molecule has 0 aliphatic carbocycles. The van der Waals surface area contributed by atoms with Crippen LogP contribution in [0.15, 0.2) is 18.3 Å². The van der Waals surface area contributed by atoms with Crippen molar-refractivity contribution in [2.75, 3.05) is 14.1 Å². The molecule has 2 aromatic rings. The Balaban J connectivity index is 2.38. The molecule has 0 fully saturated rings. The number of carbonyl (C=O) groups is 2. The summed E-state index contributed by atoms with van der Waals surface area (Å²) in [5.74, 6) is -0.500. The summed E-state index contributed by atoms with van der Waals surface area (Å²) in [6.45, 7) is 1.96. The first kappa shape index (κ1) is 11.9. The molecule has 1 aromatic carbocycles. The van der Waals surface area contributed by atoms with E-state index < -0.39 is 0 Å². The maximum absolute atomic E-state index is 12.4. The summed E-state index contributed by atoms with van der Waals surface area (Å²) < 4.78 is 1.97. The Hall–Kier alpha value is -2.14. The summed E-state index contributed by atoms with van der Waals surface area (Å²) >= 11 is 0. The van der Waals surface area contributed by atoms with E-state index in [1.54, 1.807) is 20.2 Å². The fraction of sp³-hybridized carbons (Fsp3) is 0.286. The van der Waals surface area contributed by atoms with Crippen LogP contribution in [0.3, 0.4) is 0 Å². The van der Waals surface area contributed by atoms with Crippen molar-refractivity contribution in [3.05, 3.63) is 35.0 Å². The minimum atomic E-state index is -0.251. The van der Waals surface area contributed by atoms with E-state index in [-0.39, 0.29) is 11.8 Å². The lowest BCUT2D eigenvalue weighted by atomic mass is 10.0. The highest BCUT2D eigenvalue weighted by atomic mass is 16.2. The third kappa shape index (κ3) is 1.39. The summed E-state index contributed by atoms with van der Waals surface area (Å²) in [6, 6.07) is 3.70. The van der Waals surface area contributed by atoms with Crippen molar-refractivity contribution in [2.45, 2.75) is 6.92 Å². The summed E-state index contributed by atoms with van der Waals surface area (Å²) in [7, 11) is 5.32. The topological polar surface area (TPSA) is 45.6 Å². The van der Waals surface area contributed by atoms with Crippen LogP contribution in [0.1, 0.15) is 26.3 Å². The van der Waals surface area contributed by atoms with E-state index in [4.69, 9.17) is 0 Å². The first-order chi connectivity index (χ1) is 8.93. The van der Waals surface area contributed by atoms with Crippen LogP contribution in [0.2, 0.25) is 0 Å². The van der Waals surface area contributed by atoms with Gasteiger partial charge in [0.2, 0.25) is 0 Å². The standard InChI is InChI=1S/C14H15N3O2/c1-8-7-10-11(9-5-6-16(4)12(8)9)14(19)17(13(10)18)15(2)3/h5-7H,1-4H3. The molecule has 0 N–H and O–H groups in total. The van der Waals surface area contributed by atoms with Crippen molar-refractivity contribution in [1.82, 2.24) is 14.6 Å². The predicted octanol–water partition coefficient (Wildman–Crippen LogP) is 1.56. The fourth-order valence-electron chi connectivity index (χ4n) is 2.80. The SMILES string of the molecule is Cc1cc2c(c3ccn(C)c13)C(=O)N(N(C)C)C2=O. The Kier molecular flexibility index (Phi) is 2.31. The molecule has 0 saturated carbocycles. The number of benzene rings is 1. The number of hydrogen-bond acceptors (Lipinski definition) is 3. The number of aryl methyl sites for hydroxylation is 2. The van der Waals surface area contributed by atoms with E-state index in [2.05, 4.69) is 0 Å². The third-order valence-corrected chi connectivity index (χ3v) is 3.57. The van der Waals surface area contributed by atoms with Crippen LogP contribution in [0.4, 0.5) is 0 Å². The number of aromatic nitrogens is 1. The molecule has 5 heteroatoms. The number of hydrogen-bond donors (Lipinski definition) is 0. The number of amides is 2. The number of rotatable bonds is 1. The summed E-state index contributed by atoms with van der Waals surface area (Å²) in [5, 5.41) is 3.55. The van der Waals surface area contributed by atoms with Crippen LogP contribution in [0.25, 0.3) is 10.9 Å². The Labute approximate surface area is 111 Å². The molecular formula is C14H15N3O2. The molecule has 2 heterocycles. The zero-order chi connectivity index (χ0) is 13.9. The van der Waals surface area contributed by atoms with Crippen LogP contribution in [0.5, 0.6) is 0 Å². The third-order valence-electron chi connectivity index (χ3n) is 3.57. The van der Waals surface area contributed by atoms with E-state index in [0.717, 1.165) is 16.5 Å². The van der Waals surface area contributed by atoms with E-state index in [9.17, 15) is 9.59 Å². The number of nitrogens with zero attached hydrogens (tertiary/aromatic N) is 3. The lowest BCUT2D eigenvalue weighted by Gasteiger charge is -2.20. The van der Waals surface area contributed by atoms with Crippen molar-refractivity contribution >= 4 is 22.7 Å². The van der Waals surface area contributed by atoms with Crippen molar-refractivity contribution in [3.8, 4) is 0 Å². The molecule has 98 valence electrons. The molecule has 19 heavy (non-hydrogen) atoms. The minimum Gasteiger partial charge on any atom is -0.350 e. The van der Waals surface area contributed by atoms with Crippen molar-refractivity contribution in [1.29, 1.82) is 0 Å². The van der Waals surface area contributed by atoms with Gasteiger partial charge in [0.15, 0.2) is 0 Å². The van der Waals surface area contributed by atoms with E-state index in [0.29, 0.717) is 11.1 Å². The number of fused-ring (bicyclic) bond motifs is 3. The maximum Gasteiger partial charge on any atom is 0.277 e. The van der Waals surface area contributed by atoms with Gasteiger partial charge in [-0.3, -0.25) is 9.59 Å². The van der Waals surface area contributed by atoms with Gasteiger partial charge in [0.1, 0.15) is 0 Å². The highest BCUT2D eigenvalue weighted by molar-refractivity contribution is 6.26. The van der Waals surface area contributed by atoms with Gasteiger partial charge in [0.05, 0.1) is 16.6 Å². The molecule has 5 nitrogen and oxygen atoms in total. The molecule has 1 aromatic heterocycles. The van der Waals surface area contributed by atoms with Crippen LogP contribution in [0, 0.1) is 6.92 Å². The lowest BCUT2D eigenvalue weighted by molar-refractivity contribution is 0.0235. The monoisotopic (exact) mass is 257 g/mol. The summed E-state index contributed by atoms with van der Waals surface area (Å²) in [5.41, 5.74) is 3.01. The number of imide groups is 1. The van der Waals surface area contributed by atoms with Gasteiger partial charge in [-0.05, 0) is 24.6 Å². The molecule has 3 rings (SSSR count). The second kappa shape index (κ2) is 3.68. The molecule has 1 aliphatic rings. The van der Waals surface area contributed by atoms with Gasteiger partial charge in [0.25, 0.3) is 11.8 Å². The molecular weight excluding hydrogens is 242 g/mol. The zero-order valence-corrected chi connectivity index (χ0v) is 11.4. The first-order valence-corrected chi connectivity index (χ1v) is 6.08. The number of carbonyl (C=O) groups excluding carboxylic acids is 2. The molecule has 0 saturated heterocycles. The average molecular weight is 257 g/mol. The number of hydrazine groups is 1. The predicted molar refractivity (Wildman–Crippen MR) is 71.8 cm³/mol. The fourth-order valence-corrected chi connectivity index (χ4v) is 2.80. The largest absolute Gasteiger partial charge is 0.350 e. The Morgan fingerprint density at radius 3 is 2.47 bits per heavy atom. The second-order valence-corrected chi connectivity index (χ2v) is 5.07. The van der Waals surface area contributed by atoms with Crippen LogP contribution < -0.4 is 0 Å². The average Bonchev–Trinajstić information content (AvgIpc) is 2.80. The molecule has 0 bridgehead atoms. The van der Waals surface area contributed by atoms with E-state index in [1.807, 2.05) is 30.8 Å². The van der Waals surface area contributed by atoms with E-state index in [1.165, 1.54) is 10.0 Å². The lowest BCUT2D eigenvalue weighted by Crippen LogP contribution is -2.41. The van der Waals surface area contributed by atoms with Gasteiger partial charge in [-0.15, -0.1) is 0 Å². The highest BCUT2D eigenvalue weighted by Crippen LogP contribution is 2.33. The van der Waals surface area contributed by atoms with Crippen LogP contribution in [-0.4, -0.2) is 40.5 Å². The van der Waals surface area contributed by atoms with Gasteiger partial charge >= 0.3 is 0 Å². The molecule has 0 unspecified atom stereocenters. The van der Waals surface area contributed by atoms with Gasteiger partial charge in [-0.1, -0.05) is 0 Å². The summed E-state index contributed by atoms with van der Waals surface area (Å²) in [6.07, 6.45) is 1.91. The maximum atomic E-state index is 12.4. The van der Waals surface area contributed by atoms with E-state index >= 15 is 0 Å². The molecule has 0 radical (unpaired) electrons.